The molecule has 1 heterocycles. The van der Waals surface area contributed by atoms with Crippen molar-refractivity contribution < 1.29 is 18.1 Å². The highest BCUT2D eigenvalue weighted by atomic mass is 32.2. The van der Waals surface area contributed by atoms with E-state index < -0.39 is 14.9 Å². The fourth-order valence-corrected chi connectivity index (χ4v) is 2.53. The van der Waals surface area contributed by atoms with Crippen LogP contribution >= 0.6 is 0 Å². The number of rotatable bonds is 1. The first-order valence-electron chi connectivity index (χ1n) is 4.41. The molecule has 16 heavy (non-hydrogen) atoms. The molecule has 0 amide bonds. The molecule has 0 saturated heterocycles. The normalized spacial score (nSPS) is 18.0. The van der Waals surface area contributed by atoms with Crippen LogP contribution in [0.2, 0.25) is 0 Å². The third-order valence-corrected chi connectivity index (χ3v) is 3.56. The summed E-state index contributed by atoms with van der Waals surface area (Å²) in [6, 6.07) is 3.49. The van der Waals surface area contributed by atoms with Crippen molar-refractivity contribution in [2.75, 3.05) is 13.2 Å². The van der Waals surface area contributed by atoms with Gasteiger partial charge in [-0.2, -0.15) is 0 Å². The Bertz CT molecular complexity index is 539. The molecule has 8 heteroatoms. The number of nitrogens with zero attached hydrogens (tertiary/aromatic N) is 1. The Morgan fingerprint density at radius 2 is 2.19 bits per heavy atom. The van der Waals surface area contributed by atoms with Gasteiger partial charge < -0.3 is 4.74 Å². The van der Waals surface area contributed by atoms with Crippen LogP contribution in [0, 0.1) is 10.1 Å². The summed E-state index contributed by atoms with van der Waals surface area (Å²) >= 11 is 0. The van der Waals surface area contributed by atoms with Crippen molar-refractivity contribution in [2.45, 2.75) is 4.90 Å². The van der Waals surface area contributed by atoms with Crippen LogP contribution < -0.4 is 9.46 Å². The first-order valence-corrected chi connectivity index (χ1v) is 5.90. The van der Waals surface area contributed by atoms with Gasteiger partial charge in [-0.3, -0.25) is 10.1 Å². The van der Waals surface area contributed by atoms with Crippen LogP contribution in [0.15, 0.2) is 23.1 Å². The van der Waals surface area contributed by atoms with Crippen molar-refractivity contribution in [1.82, 2.24) is 4.72 Å². The van der Waals surface area contributed by atoms with Crippen LogP contribution in [0.3, 0.4) is 0 Å². The molecule has 1 N–H and O–H groups in total. The molecule has 0 atom stereocenters. The molecule has 1 aromatic carbocycles. The van der Waals surface area contributed by atoms with E-state index in [2.05, 4.69) is 4.72 Å². The number of benzene rings is 1. The second kappa shape index (κ2) is 3.72. The molecular formula is C8H8N2O5S. The van der Waals surface area contributed by atoms with Gasteiger partial charge in [0.15, 0.2) is 0 Å². The summed E-state index contributed by atoms with van der Waals surface area (Å²) < 4.78 is 30.7. The molecule has 2 rings (SSSR count). The predicted molar refractivity (Wildman–Crippen MR) is 53.8 cm³/mol. The van der Waals surface area contributed by atoms with E-state index in [0.29, 0.717) is 0 Å². The molecule has 1 aliphatic rings. The Labute approximate surface area is 91.2 Å². The number of nitrogens with one attached hydrogen (secondary N) is 1. The van der Waals surface area contributed by atoms with Gasteiger partial charge in [0, 0.05) is 18.7 Å². The number of hydrogen-bond donors (Lipinski definition) is 1. The number of sulfonamides is 1. The van der Waals surface area contributed by atoms with Crippen LogP contribution in [0.5, 0.6) is 5.75 Å². The molecule has 0 aliphatic carbocycles. The lowest BCUT2D eigenvalue weighted by Crippen LogP contribution is -2.24. The molecule has 1 aliphatic heterocycles. The molecule has 7 nitrogen and oxygen atoms in total. The molecule has 0 radical (unpaired) electrons. The largest absolute Gasteiger partial charge is 0.491 e. The molecule has 0 fully saturated rings. The average molecular weight is 244 g/mol. The van der Waals surface area contributed by atoms with Crippen LogP contribution in [-0.4, -0.2) is 26.5 Å². The Morgan fingerprint density at radius 1 is 1.44 bits per heavy atom. The summed E-state index contributed by atoms with van der Waals surface area (Å²) in [6.07, 6.45) is 0. The van der Waals surface area contributed by atoms with E-state index in [4.69, 9.17) is 4.74 Å². The zero-order valence-corrected chi connectivity index (χ0v) is 8.86. The lowest BCUT2D eigenvalue weighted by molar-refractivity contribution is -0.385. The van der Waals surface area contributed by atoms with Crippen molar-refractivity contribution in [3.63, 3.8) is 0 Å². The van der Waals surface area contributed by atoms with E-state index in [1.54, 1.807) is 0 Å². The highest BCUT2D eigenvalue weighted by molar-refractivity contribution is 7.89. The smallest absolute Gasteiger partial charge is 0.271 e. The number of non-ortho nitro benzene ring substituents is 1. The molecule has 86 valence electrons. The second-order valence-electron chi connectivity index (χ2n) is 3.13. The molecule has 0 aromatic heterocycles. The SMILES string of the molecule is O=[N+]([O-])c1ccc2c(c1)S(=O)(=O)NCCO2. The number of nitro groups is 1. The summed E-state index contributed by atoms with van der Waals surface area (Å²) in [4.78, 5) is 9.69. The third kappa shape index (κ3) is 1.84. The van der Waals surface area contributed by atoms with Crippen LogP contribution in [-0.2, 0) is 10.0 Å². The fourth-order valence-electron chi connectivity index (χ4n) is 1.35. The van der Waals surface area contributed by atoms with Gasteiger partial charge in [-0.15, -0.1) is 0 Å². The van der Waals surface area contributed by atoms with Crippen molar-refractivity contribution >= 4 is 15.7 Å². The summed E-state index contributed by atoms with van der Waals surface area (Å²) in [5.74, 6) is 0.135. The monoisotopic (exact) mass is 244 g/mol. The molecular weight excluding hydrogens is 236 g/mol. The van der Waals surface area contributed by atoms with Crippen molar-refractivity contribution in [3.05, 3.63) is 28.3 Å². The van der Waals surface area contributed by atoms with E-state index >= 15 is 0 Å². The van der Waals surface area contributed by atoms with Gasteiger partial charge in [0.1, 0.15) is 17.3 Å². The van der Waals surface area contributed by atoms with Crippen molar-refractivity contribution in [3.8, 4) is 5.75 Å². The minimum absolute atomic E-state index is 0.135. The lowest BCUT2D eigenvalue weighted by atomic mass is 10.3. The van der Waals surface area contributed by atoms with Crippen LogP contribution in [0.1, 0.15) is 0 Å². The maximum absolute atomic E-state index is 11.7. The maximum atomic E-state index is 11.7. The van der Waals surface area contributed by atoms with E-state index in [-0.39, 0.29) is 29.5 Å². The van der Waals surface area contributed by atoms with Gasteiger partial charge in [0.25, 0.3) is 5.69 Å². The molecule has 1 aromatic rings. The van der Waals surface area contributed by atoms with E-state index in [9.17, 15) is 18.5 Å². The molecule has 0 unspecified atom stereocenters. The molecule has 0 bridgehead atoms. The first kappa shape index (κ1) is 10.8. The number of hydrogen-bond acceptors (Lipinski definition) is 5. The standard InChI is InChI=1S/C8H8N2O5S/c11-10(12)6-1-2-7-8(5-6)16(13,14)9-3-4-15-7/h1-2,5,9H,3-4H2. The van der Waals surface area contributed by atoms with Gasteiger partial charge in [-0.1, -0.05) is 0 Å². The van der Waals surface area contributed by atoms with E-state index in [0.717, 1.165) is 6.07 Å². The first-order chi connectivity index (χ1) is 7.50. The average Bonchev–Trinajstić information content (AvgIpc) is 2.37. The van der Waals surface area contributed by atoms with Gasteiger partial charge in [-0.05, 0) is 6.07 Å². The number of ether oxygens (including phenoxy) is 1. The Kier molecular flexibility index (Phi) is 2.52. The summed E-state index contributed by atoms with van der Waals surface area (Å²) in [5, 5.41) is 10.5. The van der Waals surface area contributed by atoms with Gasteiger partial charge in [0.05, 0.1) is 4.92 Å². The lowest BCUT2D eigenvalue weighted by Gasteiger charge is -2.04. The van der Waals surface area contributed by atoms with Gasteiger partial charge in [-0.25, -0.2) is 13.1 Å². The fraction of sp³-hybridized carbons (Fsp3) is 0.250. The predicted octanol–water partition coefficient (Wildman–Crippen LogP) is 0.265. The number of nitro benzene ring substituents is 1. The highest BCUT2D eigenvalue weighted by Gasteiger charge is 2.25. The second-order valence-corrected chi connectivity index (χ2v) is 4.87. The zero-order valence-electron chi connectivity index (χ0n) is 8.04. The van der Waals surface area contributed by atoms with Crippen molar-refractivity contribution in [1.29, 1.82) is 0 Å². The van der Waals surface area contributed by atoms with E-state index in [1.807, 2.05) is 0 Å². The van der Waals surface area contributed by atoms with Crippen LogP contribution in [0.4, 0.5) is 5.69 Å². The van der Waals surface area contributed by atoms with Crippen molar-refractivity contribution in [2.24, 2.45) is 0 Å². The van der Waals surface area contributed by atoms with E-state index in [1.165, 1.54) is 12.1 Å². The Morgan fingerprint density at radius 3 is 2.88 bits per heavy atom. The minimum Gasteiger partial charge on any atom is -0.491 e. The summed E-state index contributed by atoms with van der Waals surface area (Å²) in [5.41, 5.74) is -0.283. The Hall–Kier alpha value is -1.67. The maximum Gasteiger partial charge on any atom is 0.271 e. The topological polar surface area (TPSA) is 98.5 Å². The molecule has 0 spiro atoms. The zero-order chi connectivity index (χ0) is 11.8. The molecule has 0 saturated carbocycles. The summed E-state index contributed by atoms with van der Waals surface area (Å²) in [7, 11) is -3.71. The quantitative estimate of drug-likeness (QED) is 0.564. The number of fused-ring (bicyclic) bond motifs is 1. The third-order valence-electron chi connectivity index (χ3n) is 2.08. The van der Waals surface area contributed by atoms with Crippen LogP contribution in [0.25, 0.3) is 0 Å². The minimum atomic E-state index is -3.71. The Balaban J connectivity index is 2.62. The summed E-state index contributed by atoms with van der Waals surface area (Å²) in [6.45, 7) is 0.342. The van der Waals surface area contributed by atoms with Gasteiger partial charge in [0.2, 0.25) is 10.0 Å². The van der Waals surface area contributed by atoms with Gasteiger partial charge >= 0.3 is 0 Å². The highest BCUT2D eigenvalue weighted by Crippen LogP contribution is 2.29.